The molecule has 0 N–H and O–H groups in total. The summed E-state index contributed by atoms with van der Waals surface area (Å²) >= 11 is 0. The minimum absolute atomic E-state index is 0.440. The van der Waals surface area contributed by atoms with Crippen LogP contribution in [0.4, 0.5) is 4.39 Å². The van der Waals surface area contributed by atoms with Crippen LogP contribution < -0.4 is 0 Å². The fourth-order valence-electron chi connectivity index (χ4n) is 1.31. The van der Waals surface area contributed by atoms with Crippen molar-refractivity contribution in [2.24, 2.45) is 0 Å². The molecule has 4 heteroatoms. The van der Waals surface area contributed by atoms with E-state index in [0.717, 1.165) is 17.0 Å². The number of pyridine rings is 1. The molecule has 0 atom stereocenters. The molecule has 0 spiro atoms. The van der Waals surface area contributed by atoms with E-state index in [2.05, 4.69) is 15.0 Å². The van der Waals surface area contributed by atoms with Crippen molar-refractivity contribution < 1.29 is 4.39 Å². The minimum atomic E-state index is -0.440. The predicted molar refractivity (Wildman–Crippen MR) is 54.7 cm³/mol. The van der Waals surface area contributed by atoms with Gasteiger partial charge < -0.3 is 0 Å². The molecule has 0 bridgehead atoms. The number of rotatable bonds is 1. The van der Waals surface area contributed by atoms with Crippen molar-refractivity contribution >= 4 is 0 Å². The first-order chi connectivity index (χ1) is 7.16. The summed E-state index contributed by atoms with van der Waals surface area (Å²) in [6, 6.07) is 3.57. The van der Waals surface area contributed by atoms with Gasteiger partial charge in [-0.15, -0.1) is 0 Å². The van der Waals surface area contributed by atoms with Crippen LogP contribution in [-0.2, 0) is 0 Å². The second-order valence-corrected chi connectivity index (χ2v) is 3.38. The summed E-state index contributed by atoms with van der Waals surface area (Å²) in [6.45, 7) is 3.56. The van der Waals surface area contributed by atoms with Gasteiger partial charge in [0.15, 0.2) is 0 Å². The van der Waals surface area contributed by atoms with Crippen molar-refractivity contribution in [3.05, 3.63) is 41.9 Å². The molecule has 0 aromatic carbocycles. The zero-order chi connectivity index (χ0) is 10.8. The lowest BCUT2D eigenvalue weighted by Crippen LogP contribution is -1.92. The Bertz CT molecular complexity index is 497. The molecule has 2 rings (SSSR count). The quantitative estimate of drug-likeness (QED) is 0.667. The smallest absolute Gasteiger partial charge is 0.215 e. The van der Waals surface area contributed by atoms with Gasteiger partial charge in [0.2, 0.25) is 5.95 Å². The van der Waals surface area contributed by atoms with Crippen molar-refractivity contribution in [2.75, 3.05) is 0 Å². The SMILES string of the molecule is Cc1cc(-c2cnc(F)c(C)c2)ncn1. The van der Waals surface area contributed by atoms with E-state index in [1.165, 1.54) is 12.5 Å². The first-order valence-electron chi connectivity index (χ1n) is 4.58. The van der Waals surface area contributed by atoms with Gasteiger partial charge in [-0.1, -0.05) is 0 Å². The Balaban J connectivity index is 2.50. The van der Waals surface area contributed by atoms with Crippen LogP contribution in [-0.4, -0.2) is 15.0 Å². The molecule has 3 nitrogen and oxygen atoms in total. The predicted octanol–water partition coefficient (Wildman–Crippen LogP) is 2.29. The highest BCUT2D eigenvalue weighted by Gasteiger charge is 2.04. The van der Waals surface area contributed by atoms with E-state index in [0.29, 0.717) is 5.56 Å². The molecule has 0 fully saturated rings. The molecule has 0 saturated heterocycles. The molecular formula is C11H10FN3. The van der Waals surface area contributed by atoms with Gasteiger partial charge in [0.25, 0.3) is 0 Å². The van der Waals surface area contributed by atoms with Gasteiger partial charge >= 0.3 is 0 Å². The lowest BCUT2D eigenvalue weighted by Gasteiger charge is -2.02. The van der Waals surface area contributed by atoms with Gasteiger partial charge in [-0.05, 0) is 26.0 Å². The fourth-order valence-corrected chi connectivity index (χ4v) is 1.31. The summed E-state index contributed by atoms with van der Waals surface area (Å²) in [5, 5.41) is 0. The first kappa shape index (κ1) is 9.71. The molecule has 0 unspecified atom stereocenters. The van der Waals surface area contributed by atoms with Crippen molar-refractivity contribution in [2.45, 2.75) is 13.8 Å². The van der Waals surface area contributed by atoms with Crippen LogP contribution in [0.3, 0.4) is 0 Å². The van der Waals surface area contributed by atoms with Crippen LogP contribution in [0, 0.1) is 19.8 Å². The van der Waals surface area contributed by atoms with Crippen LogP contribution in [0.1, 0.15) is 11.3 Å². The van der Waals surface area contributed by atoms with Gasteiger partial charge in [0.1, 0.15) is 6.33 Å². The van der Waals surface area contributed by atoms with E-state index >= 15 is 0 Å². The highest BCUT2D eigenvalue weighted by molar-refractivity contribution is 5.58. The largest absolute Gasteiger partial charge is 0.242 e. The third kappa shape index (κ3) is 1.98. The van der Waals surface area contributed by atoms with E-state index < -0.39 is 5.95 Å². The number of halogens is 1. The van der Waals surface area contributed by atoms with Crippen LogP contribution in [0.25, 0.3) is 11.3 Å². The second-order valence-electron chi connectivity index (χ2n) is 3.38. The van der Waals surface area contributed by atoms with Crippen molar-refractivity contribution in [3.63, 3.8) is 0 Å². The van der Waals surface area contributed by atoms with E-state index in [1.54, 1.807) is 13.0 Å². The Morgan fingerprint density at radius 3 is 2.53 bits per heavy atom. The summed E-state index contributed by atoms with van der Waals surface area (Å²) in [5.74, 6) is -0.440. The zero-order valence-corrected chi connectivity index (χ0v) is 8.53. The monoisotopic (exact) mass is 203 g/mol. The molecule has 2 aromatic rings. The highest BCUT2D eigenvalue weighted by Crippen LogP contribution is 2.17. The Morgan fingerprint density at radius 1 is 1.07 bits per heavy atom. The van der Waals surface area contributed by atoms with Gasteiger partial charge in [-0.25, -0.2) is 15.0 Å². The molecule has 0 amide bonds. The maximum Gasteiger partial charge on any atom is 0.215 e. The van der Waals surface area contributed by atoms with Crippen molar-refractivity contribution in [1.29, 1.82) is 0 Å². The zero-order valence-electron chi connectivity index (χ0n) is 8.53. The van der Waals surface area contributed by atoms with Crippen LogP contribution >= 0.6 is 0 Å². The normalized spacial score (nSPS) is 10.3. The molecule has 0 aliphatic carbocycles. The minimum Gasteiger partial charge on any atom is -0.242 e. The molecule has 0 radical (unpaired) electrons. The van der Waals surface area contributed by atoms with Crippen LogP contribution in [0.15, 0.2) is 24.7 Å². The maximum absolute atomic E-state index is 12.9. The van der Waals surface area contributed by atoms with Gasteiger partial charge in [-0.2, -0.15) is 4.39 Å². The number of hydrogen-bond donors (Lipinski definition) is 0. The number of aromatic nitrogens is 3. The maximum atomic E-state index is 12.9. The van der Waals surface area contributed by atoms with E-state index in [9.17, 15) is 4.39 Å². The molecule has 15 heavy (non-hydrogen) atoms. The van der Waals surface area contributed by atoms with Gasteiger partial charge in [-0.3, -0.25) is 0 Å². The highest BCUT2D eigenvalue weighted by atomic mass is 19.1. The van der Waals surface area contributed by atoms with Crippen LogP contribution in [0.2, 0.25) is 0 Å². The van der Waals surface area contributed by atoms with E-state index in [-0.39, 0.29) is 0 Å². The fraction of sp³-hybridized carbons (Fsp3) is 0.182. The number of aryl methyl sites for hydroxylation is 2. The first-order valence-corrected chi connectivity index (χ1v) is 4.58. The average Bonchev–Trinajstić information content (AvgIpc) is 2.22. The molecule has 0 aliphatic heterocycles. The summed E-state index contributed by atoms with van der Waals surface area (Å²) in [5.41, 5.74) is 2.96. The number of nitrogens with zero attached hydrogens (tertiary/aromatic N) is 3. The number of hydrogen-bond acceptors (Lipinski definition) is 3. The van der Waals surface area contributed by atoms with Crippen LogP contribution in [0.5, 0.6) is 0 Å². The third-order valence-electron chi connectivity index (χ3n) is 2.11. The third-order valence-corrected chi connectivity index (χ3v) is 2.11. The lowest BCUT2D eigenvalue weighted by atomic mass is 10.1. The molecular weight excluding hydrogens is 193 g/mol. The van der Waals surface area contributed by atoms with Gasteiger partial charge in [0, 0.05) is 23.0 Å². The standard InChI is InChI=1S/C11H10FN3/c1-7-3-9(5-13-11(7)12)10-4-8(2)14-6-15-10/h3-6H,1-2H3. The summed E-state index contributed by atoms with van der Waals surface area (Å²) in [4.78, 5) is 11.8. The van der Waals surface area contributed by atoms with Gasteiger partial charge in [0.05, 0.1) is 5.69 Å². The van der Waals surface area contributed by atoms with E-state index in [1.807, 2.05) is 13.0 Å². The molecule has 0 aliphatic rings. The van der Waals surface area contributed by atoms with Crippen molar-refractivity contribution in [1.82, 2.24) is 15.0 Å². The molecule has 2 aromatic heterocycles. The topological polar surface area (TPSA) is 38.7 Å². The Kier molecular flexibility index (Phi) is 2.41. The van der Waals surface area contributed by atoms with E-state index in [4.69, 9.17) is 0 Å². The Morgan fingerprint density at radius 2 is 1.87 bits per heavy atom. The van der Waals surface area contributed by atoms with Crippen molar-refractivity contribution in [3.8, 4) is 11.3 Å². The lowest BCUT2D eigenvalue weighted by molar-refractivity contribution is 0.575. The molecule has 2 heterocycles. The average molecular weight is 203 g/mol. The molecule has 0 saturated carbocycles. The summed E-state index contributed by atoms with van der Waals surface area (Å²) in [7, 11) is 0. The summed E-state index contributed by atoms with van der Waals surface area (Å²) in [6.07, 6.45) is 2.97. The Hall–Kier alpha value is -1.84. The molecule has 76 valence electrons. The second kappa shape index (κ2) is 3.73. The Labute approximate surface area is 87.0 Å². The summed E-state index contributed by atoms with van der Waals surface area (Å²) < 4.78 is 12.9.